The first kappa shape index (κ1) is 19.9. The number of nitrogens with zero attached hydrogens (tertiary/aromatic N) is 3. The average Bonchev–Trinajstić information content (AvgIpc) is 3.21. The van der Waals surface area contributed by atoms with Crippen molar-refractivity contribution in [3.63, 3.8) is 0 Å². The minimum atomic E-state index is -0.379. The fraction of sp³-hybridized carbons (Fsp3) is 0.333. The Kier molecular flexibility index (Phi) is 5.10. The number of ketones is 1. The topological polar surface area (TPSA) is 72.3 Å². The highest BCUT2D eigenvalue weighted by Gasteiger charge is 2.30. The normalized spacial score (nSPS) is 17.8. The number of likely N-dealkylation sites (tertiary alicyclic amines) is 1. The van der Waals surface area contributed by atoms with Gasteiger partial charge in [-0.05, 0) is 53.6 Å². The second kappa shape index (κ2) is 7.93. The minimum absolute atomic E-state index is 0.0890. The lowest BCUT2D eigenvalue weighted by Crippen LogP contribution is -2.44. The van der Waals surface area contributed by atoms with Crippen LogP contribution in [0.25, 0.3) is 10.8 Å². The fourth-order valence-corrected chi connectivity index (χ4v) is 5.02. The van der Waals surface area contributed by atoms with Gasteiger partial charge in [-0.15, -0.1) is 0 Å². The van der Waals surface area contributed by atoms with E-state index in [2.05, 4.69) is 17.2 Å². The zero-order chi connectivity index (χ0) is 21.5. The standard InChI is InChI=1S/C24H22ClN3O3/c25-20-10-11-21(29)28(26-20)14-22(30)27-12-2-4-17(13-27)24(31)19-9-8-16-7-6-15-3-1-5-18(19)23(15)16/h1,3,5,8-11,17H,2,4,6-7,12-14H2/t17-/m1/s1. The number of carbonyl (C=O) groups is 2. The molecule has 158 valence electrons. The Balaban J connectivity index is 1.37. The van der Waals surface area contributed by atoms with Crippen molar-refractivity contribution in [1.82, 2.24) is 14.7 Å². The van der Waals surface area contributed by atoms with Crippen LogP contribution in [0, 0.1) is 5.92 Å². The molecule has 1 aromatic heterocycles. The van der Waals surface area contributed by atoms with Crippen LogP contribution >= 0.6 is 11.6 Å². The number of aryl methyl sites for hydroxylation is 2. The molecule has 0 N–H and O–H groups in total. The molecule has 3 aromatic rings. The highest BCUT2D eigenvalue weighted by atomic mass is 35.5. The summed E-state index contributed by atoms with van der Waals surface area (Å²) < 4.78 is 1.07. The van der Waals surface area contributed by atoms with Gasteiger partial charge in [0.05, 0.1) is 0 Å². The molecule has 0 bridgehead atoms. The summed E-state index contributed by atoms with van der Waals surface area (Å²) in [6, 6.07) is 12.9. The molecule has 7 heteroatoms. The van der Waals surface area contributed by atoms with E-state index in [1.54, 1.807) is 4.90 Å². The molecule has 1 atom stereocenters. The minimum Gasteiger partial charge on any atom is -0.340 e. The van der Waals surface area contributed by atoms with Crippen LogP contribution in [0.1, 0.15) is 34.3 Å². The predicted octanol–water partition coefficient (Wildman–Crippen LogP) is 3.27. The van der Waals surface area contributed by atoms with Crippen LogP contribution in [0.3, 0.4) is 0 Å². The SMILES string of the molecule is O=C(c1ccc2c3c(cccc13)CC2)[C@@H]1CCCN(C(=O)Cn2nc(Cl)ccc2=O)C1. The van der Waals surface area contributed by atoms with E-state index >= 15 is 0 Å². The van der Waals surface area contributed by atoms with Gasteiger partial charge in [-0.2, -0.15) is 5.10 Å². The van der Waals surface area contributed by atoms with Crippen LogP contribution in [0.5, 0.6) is 0 Å². The van der Waals surface area contributed by atoms with Crippen molar-refractivity contribution in [2.45, 2.75) is 32.2 Å². The van der Waals surface area contributed by atoms with Gasteiger partial charge in [0, 0.05) is 30.6 Å². The third-order valence-corrected chi connectivity index (χ3v) is 6.61. The first-order valence-corrected chi connectivity index (χ1v) is 11.0. The Morgan fingerprint density at radius 1 is 1.06 bits per heavy atom. The quantitative estimate of drug-likeness (QED) is 0.589. The fourth-order valence-electron chi connectivity index (χ4n) is 4.86. The summed E-state index contributed by atoms with van der Waals surface area (Å²) >= 11 is 5.85. The number of amides is 1. The van der Waals surface area contributed by atoms with Gasteiger partial charge in [0.15, 0.2) is 5.78 Å². The molecule has 31 heavy (non-hydrogen) atoms. The summed E-state index contributed by atoms with van der Waals surface area (Å²) in [5.41, 5.74) is 2.98. The Hall–Kier alpha value is -2.99. The molecule has 1 aliphatic heterocycles. The highest BCUT2D eigenvalue weighted by molar-refractivity contribution is 6.29. The number of Topliss-reactive ketones (excluding diaryl/α,β-unsaturated/α-hetero) is 1. The Labute approximate surface area is 184 Å². The lowest BCUT2D eigenvalue weighted by Gasteiger charge is -2.32. The van der Waals surface area contributed by atoms with E-state index in [1.807, 2.05) is 18.2 Å². The molecule has 0 spiro atoms. The molecule has 2 heterocycles. The second-order valence-corrected chi connectivity index (χ2v) is 8.69. The third kappa shape index (κ3) is 3.65. The molecule has 1 saturated heterocycles. The van der Waals surface area contributed by atoms with Gasteiger partial charge >= 0.3 is 0 Å². The van der Waals surface area contributed by atoms with Crippen molar-refractivity contribution in [3.05, 3.63) is 74.7 Å². The van der Waals surface area contributed by atoms with E-state index in [9.17, 15) is 14.4 Å². The maximum atomic E-state index is 13.5. The molecule has 0 saturated carbocycles. The van der Waals surface area contributed by atoms with Gasteiger partial charge in [-0.1, -0.05) is 41.9 Å². The van der Waals surface area contributed by atoms with Crippen molar-refractivity contribution in [3.8, 4) is 0 Å². The van der Waals surface area contributed by atoms with E-state index in [-0.39, 0.29) is 34.9 Å². The number of rotatable bonds is 4. The molecule has 1 amide bonds. The van der Waals surface area contributed by atoms with Crippen molar-refractivity contribution in [2.24, 2.45) is 5.92 Å². The number of piperidine rings is 1. The van der Waals surface area contributed by atoms with Crippen molar-refractivity contribution < 1.29 is 9.59 Å². The first-order valence-electron chi connectivity index (χ1n) is 10.6. The van der Waals surface area contributed by atoms with Crippen LogP contribution in [-0.4, -0.2) is 39.5 Å². The number of aromatic nitrogens is 2. The third-order valence-electron chi connectivity index (χ3n) is 6.41. The van der Waals surface area contributed by atoms with E-state index < -0.39 is 0 Å². The smallest absolute Gasteiger partial charge is 0.267 e. The average molecular weight is 436 g/mol. The van der Waals surface area contributed by atoms with Gasteiger partial charge in [0.25, 0.3) is 5.56 Å². The van der Waals surface area contributed by atoms with Crippen LogP contribution in [-0.2, 0) is 24.2 Å². The molecule has 2 aromatic carbocycles. The van der Waals surface area contributed by atoms with E-state index in [4.69, 9.17) is 11.6 Å². The van der Waals surface area contributed by atoms with Gasteiger partial charge in [-0.25, -0.2) is 4.68 Å². The van der Waals surface area contributed by atoms with E-state index in [1.165, 1.54) is 28.6 Å². The van der Waals surface area contributed by atoms with E-state index in [0.717, 1.165) is 41.3 Å². The molecule has 1 fully saturated rings. The molecule has 5 rings (SSSR count). The first-order chi connectivity index (χ1) is 15.0. The number of hydrogen-bond donors (Lipinski definition) is 0. The van der Waals surface area contributed by atoms with Crippen LogP contribution < -0.4 is 5.56 Å². The van der Waals surface area contributed by atoms with Gasteiger partial charge in [0.1, 0.15) is 11.7 Å². The van der Waals surface area contributed by atoms with Gasteiger partial charge in [-0.3, -0.25) is 14.4 Å². The van der Waals surface area contributed by atoms with Crippen molar-refractivity contribution >= 4 is 34.1 Å². The molecule has 2 aliphatic rings. The molecule has 0 radical (unpaired) electrons. The Bertz CT molecular complexity index is 1260. The number of benzene rings is 2. The zero-order valence-electron chi connectivity index (χ0n) is 17.0. The summed E-state index contributed by atoms with van der Waals surface area (Å²) in [6.07, 6.45) is 3.54. The maximum absolute atomic E-state index is 13.5. The summed E-state index contributed by atoms with van der Waals surface area (Å²) in [4.78, 5) is 39.9. The molecular formula is C24H22ClN3O3. The van der Waals surface area contributed by atoms with Gasteiger partial charge in [0.2, 0.25) is 5.91 Å². The van der Waals surface area contributed by atoms with Crippen LogP contribution in [0.15, 0.2) is 47.3 Å². The lowest BCUT2D eigenvalue weighted by atomic mass is 9.87. The Morgan fingerprint density at radius 2 is 1.87 bits per heavy atom. The molecule has 0 unspecified atom stereocenters. The highest BCUT2D eigenvalue weighted by Crippen LogP contribution is 2.34. The zero-order valence-corrected chi connectivity index (χ0v) is 17.8. The van der Waals surface area contributed by atoms with Crippen LogP contribution in [0.2, 0.25) is 5.15 Å². The van der Waals surface area contributed by atoms with Crippen molar-refractivity contribution in [2.75, 3.05) is 13.1 Å². The number of halogens is 1. The molecular weight excluding hydrogens is 414 g/mol. The van der Waals surface area contributed by atoms with Gasteiger partial charge < -0.3 is 4.90 Å². The number of hydrogen-bond acceptors (Lipinski definition) is 4. The Morgan fingerprint density at radius 3 is 2.71 bits per heavy atom. The van der Waals surface area contributed by atoms with Crippen LogP contribution in [0.4, 0.5) is 0 Å². The van der Waals surface area contributed by atoms with Crippen molar-refractivity contribution in [1.29, 1.82) is 0 Å². The maximum Gasteiger partial charge on any atom is 0.267 e. The summed E-state index contributed by atoms with van der Waals surface area (Å²) in [6.45, 7) is 0.749. The molecule has 1 aliphatic carbocycles. The monoisotopic (exact) mass is 435 g/mol. The molecule has 6 nitrogen and oxygen atoms in total. The summed E-state index contributed by atoms with van der Waals surface area (Å²) in [5, 5.41) is 6.33. The predicted molar refractivity (Wildman–Crippen MR) is 118 cm³/mol. The summed E-state index contributed by atoms with van der Waals surface area (Å²) in [5.74, 6) is -0.388. The number of carbonyl (C=O) groups excluding carboxylic acids is 2. The van der Waals surface area contributed by atoms with E-state index in [0.29, 0.717) is 13.1 Å². The second-order valence-electron chi connectivity index (χ2n) is 8.31. The largest absolute Gasteiger partial charge is 0.340 e. The summed E-state index contributed by atoms with van der Waals surface area (Å²) in [7, 11) is 0. The lowest BCUT2D eigenvalue weighted by molar-refractivity contribution is -0.133.